The van der Waals surface area contributed by atoms with Gasteiger partial charge in [-0.3, -0.25) is 0 Å². The normalized spacial score (nSPS) is 10.2. The SMILES string of the molecule is CCCCc1cn(-c2ccc(C(=O)O)cc2)cc1C#N. The van der Waals surface area contributed by atoms with Gasteiger partial charge in [0.1, 0.15) is 6.07 Å². The molecule has 1 aromatic heterocycles. The topological polar surface area (TPSA) is 66.0 Å². The number of aromatic nitrogens is 1. The van der Waals surface area contributed by atoms with Crippen LogP contribution in [0.5, 0.6) is 0 Å². The number of nitriles is 1. The lowest BCUT2D eigenvalue weighted by Gasteiger charge is -2.03. The third-order valence-electron chi connectivity index (χ3n) is 3.24. The predicted molar refractivity (Wildman–Crippen MR) is 76.1 cm³/mol. The Bertz CT molecular complexity index is 648. The van der Waals surface area contributed by atoms with Crippen LogP contribution >= 0.6 is 0 Å². The van der Waals surface area contributed by atoms with Crippen molar-refractivity contribution in [2.45, 2.75) is 26.2 Å². The van der Waals surface area contributed by atoms with Gasteiger partial charge >= 0.3 is 5.97 Å². The Kier molecular flexibility index (Phi) is 4.21. The summed E-state index contributed by atoms with van der Waals surface area (Å²) in [6.45, 7) is 2.12. The molecule has 0 aliphatic rings. The largest absolute Gasteiger partial charge is 0.478 e. The third kappa shape index (κ3) is 2.89. The van der Waals surface area contributed by atoms with E-state index in [1.807, 2.05) is 10.8 Å². The summed E-state index contributed by atoms with van der Waals surface area (Å²) in [6.07, 6.45) is 6.77. The van der Waals surface area contributed by atoms with E-state index in [0.29, 0.717) is 5.56 Å². The molecule has 0 radical (unpaired) electrons. The second-order valence-electron chi connectivity index (χ2n) is 4.67. The molecule has 2 aromatic rings. The van der Waals surface area contributed by atoms with Gasteiger partial charge in [-0.15, -0.1) is 0 Å². The maximum Gasteiger partial charge on any atom is 0.335 e. The molecule has 1 N–H and O–H groups in total. The summed E-state index contributed by atoms with van der Waals surface area (Å²) in [4.78, 5) is 10.8. The minimum atomic E-state index is -0.939. The molecule has 4 nitrogen and oxygen atoms in total. The first-order valence-corrected chi connectivity index (χ1v) is 6.60. The van der Waals surface area contributed by atoms with Crippen LogP contribution in [0, 0.1) is 11.3 Å². The van der Waals surface area contributed by atoms with Gasteiger partial charge in [0.05, 0.1) is 11.1 Å². The number of aryl methyl sites for hydroxylation is 1. The molecule has 2 rings (SSSR count). The highest BCUT2D eigenvalue weighted by Crippen LogP contribution is 2.18. The minimum Gasteiger partial charge on any atom is -0.478 e. The number of unbranched alkanes of at least 4 members (excludes halogenated alkanes) is 1. The average molecular weight is 268 g/mol. The summed E-state index contributed by atoms with van der Waals surface area (Å²) in [7, 11) is 0. The molecule has 1 heterocycles. The first-order chi connectivity index (χ1) is 9.65. The monoisotopic (exact) mass is 268 g/mol. The molecule has 4 heteroatoms. The fourth-order valence-corrected chi connectivity index (χ4v) is 2.09. The second-order valence-corrected chi connectivity index (χ2v) is 4.67. The Morgan fingerprint density at radius 3 is 2.55 bits per heavy atom. The van der Waals surface area contributed by atoms with E-state index in [1.165, 1.54) is 0 Å². The Hall–Kier alpha value is -2.54. The van der Waals surface area contributed by atoms with Gasteiger partial charge in [-0.05, 0) is 42.7 Å². The summed E-state index contributed by atoms with van der Waals surface area (Å²) in [5, 5.41) is 18.0. The van der Waals surface area contributed by atoms with Gasteiger partial charge < -0.3 is 9.67 Å². The van der Waals surface area contributed by atoms with Crippen LogP contribution in [0.3, 0.4) is 0 Å². The maximum atomic E-state index is 10.8. The molecule has 102 valence electrons. The third-order valence-corrected chi connectivity index (χ3v) is 3.24. The first kappa shape index (κ1) is 13.9. The molecular formula is C16H16N2O2. The maximum absolute atomic E-state index is 10.8. The van der Waals surface area contributed by atoms with Gasteiger partial charge in [-0.1, -0.05) is 13.3 Å². The van der Waals surface area contributed by atoms with Crippen molar-refractivity contribution in [2.75, 3.05) is 0 Å². The summed E-state index contributed by atoms with van der Waals surface area (Å²) < 4.78 is 1.87. The van der Waals surface area contributed by atoms with Crippen molar-refractivity contribution in [3.63, 3.8) is 0 Å². The van der Waals surface area contributed by atoms with Gasteiger partial charge in [-0.2, -0.15) is 5.26 Å². The number of carboxylic acid groups (broad SMARTS) is 1. The van der Waals surface area contributed by atoms with Crippen LogP contribution in [-0.2, 0) is 6.42 Å². The zero-order valence-corrected chi connectivity index (χ0v) is 11.3. The van der Waals surface area contributed by atoms with Gasteiger partial charge in [0.2, 0.25) is 0 Å². The molecule has 0 unspecified atom stereocenters. The molecule has 1 aromatic carbocycles. The number of rotatable bonds is 5. The smallest absolute Gasteiger partial charge is 0.335 e. The van der Waals surface area contributed by atoms with Crippen LogP contribution in [0.4, 0.5) is 0 Å². The molecule has 0 fully saturated rings. The zero-order valence-electron chi connectivity index (χ0n) is 11.3. The number of carbonyl (C=O) groups is 1. The lowest BCUT2D eigenvalue weighted by atomic mass is 10.1. The van der Waals surface area contributed by atoms with E-state index < -0.39 is 5.97 Å². The van der Waals surface area contributed by atoms with Gasteiger partial charge in [0, 0.05) is 18.1 Å². The van der Waals surface area contributed by atoms with E-state index in [4.69, 9.17) is 10.4 Å². The van der Waals surface area contributed by atoms with Crippen LogP contribution in [0.25, 0.3) is 5.69 Å². The summed E-state index contributed by atoms with van der Waals surface area (Å²) in [5.41, 5.74) is 2.83. The van der Waals surface area contributed by atoms with Crippen LogP contribution in [0.1, 0.15) is 41.3 Å². The Morgan fingerprint density at radius 1 is 1.30 bits per heavy atom. The van der Waals surface area contributed by atoms with Crippen LogP contribution in [0.15, 0.2) is 36.7 Å². The fraction of sp³-hybridized carbons (Fsp3) is 0.250. The van der Waals surface area contributed by atoms with E-state index in [-0.39, 0.29) is 5.56 Å². The Balaban J connectivity index is 2.30. The van der Waals surface area contributed by atoms with Crippen molar-refractivity contribution in [3.05, 3.63) is 53.3 Å². The molecule has 0 aliphatic carbocycles. The van der Waals surface area contributed by atoms with Crippen molar-refractivity contribution in [2.24, 2.45) is 0 Å². The van der Waals surface area contributed by atoms with E-state index >= 15 is 0 Å². The molecule has 0 saturated carbocycles. The Morgan fingerprint density at radius 2 is 2.00 bits per heavy atom. The molecule has 20 heavy (non-hydrogen) atoms. The van der Waals surface area contributed by atoms with Crippen molar-refractivity contribution in [1.82, 2.24) is 4.57 Å². The quantitative estimate of drug-likeness (QED) is 0.903. The minimum absolute atomic E-state index is 0.257. The zero-order chi connectivity index (χ0) is 14.5. The number of aromatic carboxylic acids is 1. The standard InChI is InChI=1S/C16H16N2O2/c1-2-3-4-13-10-18(11-14(13)9-17)15-7-5-12(6-8-15)16(19)20/h5-8,10-11H,2-4H2,1H3,(H,19,20). The van der Waals surface area contributed by atoms with Gasteiger partial charge in [0.15, 0.2) is 0 Å². The summed E-state index contributed by atoms with van der Waals surface area (Å²) >= 11 is 0. The number of nitrogens with zero attached hydrogens (tertiary/aromatic N) is 2. The van der Waals surface area contributed by atoms with Crippen LogP contribution in [0.2, 0.25) is 0 Å². The number of hydrogen-bond acceptors (Lipinski definition) is 2. The van der Waals surface area contributed by atoms with Gasteiger partial charge in [0.25, 0.3) is 0 Å². The number of hydrogen-bond donors (Lipinski definition) is 1. The van der Waals surface area contributed by atoms with Gasteiger partial charge in [-0.25, -0.2) is 4.79 Å². The number of carboxylic acids is 1. The van der Waals surface area contributed by atoms with Crippen molar-refractivity contribution >= 4 is 5.97 Å². The molecule has 0 spiro atoms. The van der Waals surface area contributed by atoms with E-state index in [0.717, 1.165) is 30.5 Å². The molecule has 0 aliphatic heterocycles. The highest BCUT2D eigenvalue weighted by Gasteiger charge is 2.08. The summed E-state index contributed by atoms with van der Waals surface area (Å²) in [6, 6.07) is 8.83. The lowest BCUT2D eigenvalue weighted by Crippen LogP contribution is -1.97. The second kappa shape index (κ2) is 6.07. The van der Waals surface area contributed by atoms with E-state index in [2.05, 4.69) is 13.0 Å². The van der Waals surface area contributed by atoms with Crippen molar-refractivity contribution in [3.8, 4) is 11.8 Å². The molecule has 0 atom stereocenters. The fourth-order valence-electron chi connectivity index (χ4n) is 2.09. The molecule has 0 saturated heterocycles. The Labute approximate surface area is 117 Å². The highest BCUT2D eigenvalue weighted by atomic mass is 16.4. The van der Waals surface area contributed by atoms with E-state index in [1.54, 1.807) is 30.5 Å². The van der Waals surface area contributed by atoms with E-state index in [9.17, 15) is 4.79 Å². The molecule has 0 amide bonds. The van der Waals surface area contributed by atoms with Crippen molar-refractivity contribution in [1.29, 1.82) is 5.26 Å². The number of benzene rings is 1. The predicted octanol–water partition coefficient (Wildman–Crippen LogP) is 3.39. The molecule has 0 bridgehead atoms. The van der Waals surface area contributed by atoms with Crippen LogP contribution < -0.4 is 0 Å². The van der Waals surface area contributed by atoms with Crippen LogP contribution in [-0.4, -0.2) is 15.6 Å². The first-order valence-electron chi connectivity index (χ1n) is 6.60. The van der Waals surface area contributed by atoms with Crippen molar-refractivity contribution < 1.29 is 9.90 Å². The molecular weight excluding hydrogens is 252 g/mol. The summed E-state index contributed by atoms with van der Waals surface area (Å²) in [5.74, 6) is -0.939. The lowest BCUT2D eigenvalue weighted by molar-refractivity contribution is 0.0697. The highest BCUT2D eigenvalue weighted by molar-refractivity contribution is 5.87. The average Bonchev–Trinajstić information content (AvgIpc) is 2.88.